The number of hydrogen-bond donors (Lipinski definition) is 2. The highest BCUT2D eigenvalue weighted by Crippen LogP contribution is 2.39. The van der Waals surface area contributed by atoms with Gasteiger partial charge in [0.25, 0.3) is 0 Å². The number of carboxylic acid groups (broad SMARTS) is 1. The molecule has 1 aromatic rings. The first-order chi connectivity index (χ1) is 13.9. The number of unbranched alkanes of at least 4 members (excludes halogenated alkanes) is 2. The van der Waals surface area contributed by atoms with Gasteiger partial charge in [-0.1, -0.05) is 11.6 Å². The molecule has 2 aliphatic rings. The zero-order chi connectivity index (χ0) is 21.0. The molecule has 29 heavy (non-hydrogen) atoms. The smallest absolute Gasteiger partial charge is 0.305 e. The van der Waals surface area contributed by atoms with E-state index in [1.807, 2.05) is 0 Å². The van der Waals surface area contributed by atoms with E-state index in [0.29, 0.717) is 41.2 Å². The van der Waals surface area contributed by atoms with Crippen LogP contribution in [0.4, 0.5) is 5.69 Å². The first kappa shape index (κ1) is 20.9. The molecule has 1 amide bonds. The van der Waals surface area contributed by atoms with Gasteiger partial charge in [-0.05, 0) is 31.4 Å². The topological polar surface area (TPSA) is 118 Å². The van der Waals surface area contributed by atoms with Crippen molar-refractivity contribution in [3.05, 3.63) is 22.7 Å². The van der Waals surface area contributed by atoms with E-state index in [1.165, 1.54) is 6.92 Å². The van der Waals surface area contributed by atoms with E-state index in [9.17, 15) is 14.4 Å². The fourth-order valence-electron chi connectivity index (χ4n) is 3.22. The summed E-state index contributed by atoms with van der Waals surface area (Å²) in [6.45, 7) is 2.50. The largest absolute Gasteiger partial charge is 0.492 e. The third kappa shape index (κ3) is 4.97. The Morgan fingerprint density at radius 2 is 2.07 bits per heavy atom. The maximum atomic E-state index is 12.1. The highest BCUT2D eigenvalue weighted by molar-refractivity contribution is 6.33. The molecule has 1 unspecified atom stereocenters. The maximum absolute atomic E-state index is 12.1. The second-order valence-electron chi connectivity index (χ2n) is 6.79. The molecule has 1 aromatic carbocycles. The summed E-state index contributed by atoms with van der Waals surface area (Å²) >= 11 is 6.50. The predicted molar refractivity (Wildman–Crippen MR) is 104 cm³/mol. The van der Waals surface area contributed by atoms with Crippen LogP contribution in [0.5, 0.6) is 5.75 Å². The molecule has 156 valence electrons. The molecule has 3 rings (SSSR count). The molecule has 0 aliphatic carbocycles. The lowest BCUT2D eigenvalue weighted by atomic mass is 10.1. The molecule has 1 saturated heterocycles. The van der Waals surface area contributed by atoms with Gasteiger partial charge in [0.1, 0.15) is 11.8 Å². The van der Waals surface area contributed by atoms with Crippen LogP contribution < -0.4 is 10.1 Å². The number of halogens is 1. The van der Waals surface area contributed by atoms with Gasteiger partial charge in [-0.3, -0.25) is 19.7 Å². The van der Waals surface area contributed by atoms with Gasteiger partial charge in [0, 0.05) is 12.5 Å². The number of fused-ring (bicyclic) bond motifs is 2. The number of carbonyl (C=O) groups excluding carboxylic acids is 2. The van der Waals surface area contributed by atoms with E-state index >= 15 is 0 Å². The monoisotopic (exact) mass is 423 g/mol. The summed E-state index contributed by atoms with van der Waals surface area (Å²) in [5.41, 5.74) is 1.31. The molecule has 0 bridgehead atoms. The Labute approximate surface area is 172 Å². The average Bonchev–Trinajstić information content (AvgIpc) is 2.95. The Balaban J connectivity index is 1.61. The predicted octanol–water partition coefficient (Wildman–Crippen LogP) is 2.23. The van der Waals surface area contributed by atoms with Crippen LogP contribution in [0, 0.1) is 0 Å². The van der Waals surface area contributed by atoms with Gasteiger partial charge in [-0.25, -0.2) is 4.99 Å². The van der Waals surface area contributed by atoms with E-state index in [0.717, 1.165) is 19.3 Å². The van der Waals surface area contributed by atoms with Crippen molar-refractivity contribution >= 4 is 41.1 Å². The number of hydrogen-bond acceptors (Lipinski definition) is 7. The molecule has 0 aromatic heterocycles. The van der Waals surface area contributed by atoms with Gasteiger partial charge in [-0.15, -0.1) is 0 Å². The van der Waals surface area contributed by atoms with E-state index in [2.05, 4.69) is 10.3 Å². The van der Waals surface area contributed by atoms with Gasteiger partial charge < -0.3 is 19.5 Å². The molecule has 2 aliphatic heterocycles. The summed E-state index contributed by atoms with van der Waals surface area (Å²) in [6.07, 6.45) is 2.07. The third-order valence-electron chi connectivity index (χ3n) is 4.64. The van der Waals surface area contributed by atoms with Crippen LogP contribution >= 0.6 is 11.6 Å². The fraction of sp³-hybridized carbons (Fsp3) is 0.474. The molecule has 0 saturated carbocycles. The Kier molecular flexibility index (Phi) is 6.58. The summed E-state index contributed by atoms with van der Waals surface area (Å²) in [6, 6.07) is 2.67. The van der Waals surface area contributed by atoms with Crippen molar-refractivity contribution in [1.29, 1.82) is 0 Å². The third-order valence-corrected chi connectivity index (χ3v) is 5.06. The summed E-state index contributed by atoms with van der Waals surface area (Å²) in [7, 11) is 0. The Morgan fingerprint density at radius 3 is 2.79 bits per heavy atom. The van der Waals surface area contributed by atoms with Crippen molar-refractivity contribution in [2.24, 2.45) is 4.99 Å². The number of aliphatic imine (C=N–C) groups is 1. The second-order valence-corrected chi connectivity index (χ2v) is 7.17. The van der Waals surface area contributed by atoms with Crippen LogP contribution in [0.25, 0.3) is 0 Å². The summed E-state index contributed by atoms with van der Waals surface area (Å²) < 4.78 is 10.7. The molecule has 9 nitrogen and oxygen atoms in total. The fourth-order valence-corrected chi connectivity index (χ4v) is 3.49. The molecule has 2 N–H and O–H groups in total. The zero-order valence-electron chi connectivity index (χ0n) is 15.9. The minimum Gasteiger partial charge on any atom is -0.492 e. The molecular formula is C19H22ClN3O6. The number of guanidine groups is 1. The van der Waals surface area contributed by atoms with Gasteiger partial charge in [0.15, 0.2) is 0 Å². The Morgan fingerprint density at radius 1 is 1.31 bits per heavy atom. The summed E-state index contributed by atoms with van der Waals surface area (Å²) in [5, 5.41) is 12.1. The SMILES string of the molecule is CC(=O)OCCCCCOc1ccc2c(c1Cl)CN1C(=N2)NC(=O)C1CC(=O)O. The lowest BCUT2D eigenvalue weighted by Gasteiger charge is -2.28. The number of carbonyl (C=O) groups is 3. The van der Waals surface area contributed by atoms with E-state index in [-0.39, 0.29) is 24.8 Å². The van der Waals surface area contributed by atoms with Crippen molar-refractivity contribution in [2.45, 2.75) is 45.2 Å². The number of esters is 1. The van der Waals surface area contributed by atoms with E-state index < -0.39 is 12.0 Å². The second kappa shape index (κ2) is 9.13. The minimum absolute atomic E-state index is 0.267. The molecule has 1 fully saturated rings. The van der Waals surface area contributed by atoms with Crippen molar-refractivity contribution in [2.75, 3.05) is 13.2 Å². The number of rotatable bonds is 9. The molecule has 0 radical (unpaired) electrons. The zero-order valence-corrected chi connectivity index (χ0v) is 16.7. The normalized spacial score (nSPS) is 17.2. The van der Waals surface area contributed by atoms with Crippen molar-refractivity contribution in [3.8, 4) is 5.75 Å². The highest BCUT2D eigenvalue weighted by Gasteiger charge is 2.40. The molecule has 0 spiro atoms. The highest BCUT2D eigenvalue weighted by atomic mass is 35.5. The number of benzene rings is 1. The van der Waals surface area contributed by atoms with Crippen LogP contribution in [0.1, 0.15) is 38.2 Å². The average molecular weight is 424 g/mol. The van der Waals surface area contributed by atoms with Crippen LogP contribution in [0.15, 0.2) is 17.1 Å². The summed E-state index contributed by atoms with van der Waals surface area (Å²) in [5.74, 6) is -0.883. The molecular weight excluding hydrogens is 402 g/mol. The quantitative estimate of drug-likeness (QED) is 0.462. The number of ether oxygens (including phenoxy) is 2. The number of nitrogens with zero attached hydrogens (tertiary/aromatic N) is 2. The van der Waals surface area contributed by atoms with E-state index in [1.54, 1.807) is 17.0 Å². The standard InChI is InChI=1S/C19H22ClN3O6/c1-11(24)28-7-3-2-4-8-29-15-6-5-13-12(17(15)20)10-23-14(9-16(25)26)18(27)22-19(23)21-13/h5-6,14H,2-4,7-10H2,1H3,(H,25,26)(H,21,22,27). The number of carboxylic acids is 1. The van der Waals surface area contributed by atoms with E-state index in [4.69, 9.17) is 26.2 Å². The van der Waals surface area contributed by atoms with Crippen LogP contribution in [0.2, 0.25) is 5.02 Å². The number of aliphatic carboxylic acids is 1. The Bertz CT molecular complexity index is 857. The van der Waals surface area contributed by atoms with Crippen LogP contribution in [0.3, 0.4) is 0 Å². The molecule has 10 heteroatoms. The molecule has 2 heterocycles. The van der Waals surface area contributed by atoms with Crippen molar-refractivity contribution < 1.29 is 29.0 Å². The lowest BCUT2D eigenvalue weighted by Crippen LogP contribution is -2.38. The Hall–Kier alpha value is -2.81. The first-order valence-electron chi connectivity index (χ1n) is 9.32. The van der Waals surface area contributed by atoms with Crippen LogP contribution in [-0.4, -0.2) is 53.1 Å². The van der Waals surface area contributed by atoms with Gasteiger partial charge >= 0.3 is 11.9 Å². The summed E-state index contributed by atoms with van der Waals surface area (Å²) in [4.78, 5) is 39.9. The first-order valence-corrected chi connectivity index (χ1v) is 9.70. The minimum atomic E-state index is -1.06. The molecule has 1 atom stereocenters. The van der Waals surface area contributed by atoms with Crippen LogP contribution in [-0.2, 0) is 25.7 Å². The van der Waals surface area contributed by atoms with Gasteiger partial charge in [-0.2, -0.15) is 0 Å². The number of nitrogens with one attached hydrogen (secondary N) is 1. The van der Waals surface area contributed by atoms with Crippen molar-refractivity contribution in [1.82, 2.24) is 10.2 Å². The number of amides is 1. The van der Waals surface area contributed by atoms with Gasteiger partial charge in [0.05, 0.1) is 36.9 Å². The van der Waals surface area contributed by atoms with Gasteiger partial charge in [0.2, 0.25) is 11.9 Å². The lowest BCUT2D eigenvalue weighted by molar-refractivity contribution is -0.141. The van der Waals surface area contributed by atoms with Crippen molar-refractivity contribution in [3.63, 3.8) is 0 Å². The maximum Gasteiger partial charge on any atom is 0.305 e.